The van der Waals surface area contributed by atoms with Crippen LogP contribution in [0.15, 0.2) is 0 Å². The van der Waals surface area contributed by atoms with E-state index in [-0.39, 0.29) is 0 Å². The van der Waals surface area contributed by atoms with Crippen LogP contribution in [-0.2, 0) is 4.74 Å². The molecule has 118 valence electrons. The van der Waals surface area contributed by atoms with Gasteiger partial charge in [-0.05, 0) is 37.1 Å². The van der Waals surface area contributed by atoms with Crippen molar-refractivity contribution in [3.8, 4) is 0 Å². The molecule has 1 unspecified atom stereocenters. The highest BCUT2D eigenvalue weighted by molar-refractivity contribution is 4.88. The van der Waals surface area contributed by atoms with Gasteiger partial charge in [-0.1, -0.05) is 32.6 Å². The summed E-state index contributed by atoms with van der Waals surface area (Å²) in [6, 6.07) is 0. The summed E-state index contributed by atoms with van der Waals surface area (Å²) in [6.45, 7) is 9.36. The minimum Gasteiger partial charge on any atom is -0.383 e. The summed E-state index contributed by atoms with van der Waals surface area (Å²) < 4.78 is 5.16. The first-order valence-electron chi connectivity index (χ1n) is 8.66. The summed E-state index contributed by atoms with van der Waals surface area (Å²) in [7, 11) is 1.79. The van der Waals surface area contributed by atoms with Crippen LogP contribution in [0.1, 0.15) is 51.9 Å². The molecule has 1 saturated heterocycles. The number of nitrogens with one attached hydrogen (secondary N) is 1. The van der Waals surface area contributed by atoms with E-state index in [1.807, 2.05) is 0 Å². The third kappa shape index (κ3) is 5.01. The Kier molecular flexibility index (Phi) is 6.79. The number of rotatable bonds is 7. The second-order valence-electron chi connectivity index (χ2n) is 7.21. The van der Waals surface area contributed by atoms with Crippen LogP contribution in [0.4, 0.5) is 0 Å². The van der Waals surface area contributed by atoms with Gasteiger partial charge in [0.2, 0.25) is 0 Å². The molecule has 2 rings (SSSR count). The Morgan fingerprint density at radius 1 is 1.20 bits per heavy atom. The van der Waals surface area contributed by atoms with Crippen LogP contribution in [0.5, 0.6) is 0 Å². The van der Waals surface area contributed by atoms with Crippen molar-refractivity contribution in [3.63, 3.8) is 0 Å². The Labute approximate surface area is 125 Å². The molecule has 2 aliphatic rings. The van der Waals surface area contributed by atoms with Crippen molar-refractivity contribution in [2.24, 2.45) is 11.3 Å². The van der Waals surface area contributed by atoms with Crippen molar-refractivity contribution < 1.29 is 4.74 Å². The standard InChI is InChI=1S/C17H34N2O/c1-16-7-11-19(13-16)15-17(14-18-10-12-20-2)8-5-3-4-6-9-17/h16,18H,3-15H2,1-2H3. The quantitative estimate of drug-likeness (QED) is 0.574. The van der Waals surface area contributed by atoms with E-state index in [0.717, 1.165) is 19.1 Å². The molecule has 3 heteroatoms. The molecule has 0 spiro atoms. The largest absolute Gasteiger partial charge is 0.383 e. The van der Waals surface area contributed by atoms with Crippen LogP contribution in [0.25, 0.3) is 0 Å². The predicted octanol–water partition coefficient (Wildman–Crippen LogP) is 2.90. The third-order valence-electron chi connectivity index (χ3n) is 5.21. The molecule has 1 heterocycles. The summed E-state index contributed by atoms with van der Waals surface area (Å²) in [5, 5.41) is 3.66. The lowest BCUT2D eigenvalue weighted by Gasteiger charge is -2.37. The molecule has 1 atom stereocenters. The highest BCUT2D eigenvalue weighted by Gasteiger charge is 2.34. The molecule has 1 saturated carbocycles. The summed E-state index contributed by atoms with van der Waals surface area (Å²) >= 11 is 0. The second-order valence-corrected chi connectivity index (χ2v) is 7.21. The number of likely N-dealkylation sites (tertiary alicyclic amines) is 1. The lowest BCUT2D eigenvalue weighted by atomic mass is 9.79. The number of nitrogens with zero attached hydrogens (tertiary/aromatic N) is 1. The third-order valence-corrected chi connectivity index (χ3v) is 5.21. The van der Waals surface area contributed by atoms with Gasteiger partial charge in [0.1, 0.15) is 0 Å². The first-order valence-corrected chi connectivity index (χ1v) is 8.66. The maximum atomic E-state index is 5.16. The highest BCUT2D eigenvalue weighted by Crippen LogP contribution is 2.36. The zero-order chi connectivity index (χ0) is 14.3. The SMILES string of the molecule is COCCNCC1(CN2CCC(C)C2)CCCCCC1. The lowest BCUT2D eigenvalue weighted by Crippen LogP contribution is -2.44. The molecule has 20 heavy (non-hydrogen) atoms. The molecule has 1 aliphatic heterocycles. The highest BCUT2D eigenvalue weighted by atomic mass is 16.5. The summed E-state index contributed by atoms with van der Waals surface area (Å²) in [6.07, 6.45) is 9.96. The summed E-state index contributed by atoms with van der Waals surface area (Å²) in [4.78, 5) is 2.73. The van der Waals surface area contributed by atoms with Crippen molar-refractivity contribution in [1.29, 1.82) is 0 Å². The van der Waals surface area contributed by atoms with Crippen LogP contribution >= 0.6 is 0 Å². The van der Waals surface area contributed by atoms with Gasteiger partial charge in [0.05, 0.1) is 6.61 Å². The monoisotopic (exact) mass is 282 g/mol. The van der Waals surface area contributed by atoms with Crippen molar-refractivity contribution in [2.45, 2.75) is 51.9 Å². The van der Waals surface area contributed by atoms with E-state index in [1.165, 1.54) is 71.1 Å². The Morgan fingerprint density at radius 2 is 1.95 bits per heavy atom. The van der Waals surface area contributed by atoms with E-state index >= 15 is 0 Å². The first-order chi connectivity index (χ1) is 9.74. The molecule has 1 N–H and O–H groups in total. The Morgan fingerprint density at radius 3 is 2.55 bits per heavy atom. The molecule has 0 bridgehead atoms. The topological polar surface area (TPSA) is 24.5 Å². The number of methoxy groups -OCH3 is 1. The molecule has 2 fully saturated rings. The fourth-order valence-corrected chi connectivity index (χ4v) is 4.04. The molecule has 0 aromatic heterocycles. The average molecular weight is 282 g/mol. The molecule has 0 amide bonds. The number of hydrogen-bond acceptors (Lipinski definition) is 3. The Balaban J connectivity index is 1.87. The number of hydrogen-bond donors (Lipinski definition) is 1. The fourth-order valence-electron chi connectivity index (χ4n) is 4.04. The van der Waals surface area contributed by atoms with Gasteiger partial charge in [-0.25, -0.2) is 0 Å². The van der Waals surface area contributed by atoms with Gasteiger partial charge in [0, 0.05) is 33.3 Å². The van der Waals surface area contributed by atoms with Crippen LogP contribution in [-0.4, -0.2) is 51.3 Å². The van der Waals surface area contributed by atoms with Gasteiger partial charge >= 0.3 is 0 Å². The van der Waals surface area contributed by atoms with Crippen LogP contribution in [0.3, 0.4) is 0 Å². The van der Waals surface area contributed by atoms with E-state index in [1.54, 1.807) is 7.11 Å². The zero-order valence-electron chi connectivity index (χ0n) is 13.6. The van der Waals surface area contributed by atoms with Gasteiger partial charge in [-0.2, -0.15) is 0 Å². The van der Waals surface area contributed by atoms with Crippen molar-refractivity contribution in [3.05, 3.63) is 0 Å². The maximum Gasteiger partial charge on any atom is 0.0587 e. The van der Waals surface area contributed by atoms with E-state index < -0.39 is 0 Å². The van der Waals surface area contributed by atoms with Crippen molar-refractivity contribution >= 4 is 0 Å². The minimum absolute atomic E-state index is 0.522. The molecule has 3 nitrogen and oxygen atoms in total. The van der Waals surface area contributed by atoms with Crippen molar-refractivity contribution in [2.75, 3.05) is 46.4 Å². The molecular formula is C17H34N2O. The fraction of sp³-hybridized carbons (Fsp3) is 1.00. The van der Waals surface area contributed by atoms with Crippen molar-refractivity contribution in [1.82, 2.24) is 10.2 Å². The summed E-state index contributed by atoms with van der Waals surface area (Å²) in [5.41, 5.74) is 0.522. The van der Waals surface area contributed by atoms with Crippen LogP contribution < -0.4 is 5.32 Å². The zero-order valence-corrected chi connectivity index (χ0v) is 13.6. The molecule has 1 aliphatic carbocycles. The Hall–Kier alpha value is -0.120. The average Bonchev–Trinajstić information content (AvgIpc) is 2.71. The normalized spacial score (nSPS) is 27.6. The minimum atomic E-state index is 0.522. The first kappa shape index (κ1) is 16.3. The lowest BCUT2D eigenvalue weighted by molar-refractivity contribution is 0.136. The predicted molar refractivity (Wildman–Crippen MR) is 85.1 cm³/mol. The van der Waals surface area contributed by atoms with Gasteiger partial charge < -0.3 is 15.0 Å². The van der Waals surface area contributed by atoms with Crippen LogP contribution in [0, 0.1) is 11.3 Å². The maximum absolute atomic E-state index is 5.16. The Bertz CT molecular complexity index is 262. The summed E-state index contributed by atoms with van der Waals surface area (Å²) in [5.74, 6) is 0.902. The van der Waals surface area contributed by atoms with Gasteiger partial charge in [-0.3, -0.25) is 0 Å². The van der Waals surface area contributed by atoms with Gasteiger partial charge in [-0.15, -0.1) is 0 Å². The smallest absolute Gasteiger partial charge is 0.0587 e. The molecule has 0 aromatic carbocycles. The number of ether oxygens (including phenoxy) is 1. The molecule has 0 aromatic rings. The second kappa shape index (κ2) is 8.35. The van der Waals surface area contributed by atoms with E-state index in [2.05, 4.69) is 17.1 Å². The van der Waals surface area contributed by atoms with E-state index in [9.17, 15) is 0 Å². The van der Waals surface area contributed by atoms with Crippen LogP contribution in [0.2, 0.25) is 0 Å². The van der Waals surface area contributed by atoms with Gasteiger partial charge in [0.15, 0.2) is 0 Å². The van der Waals surface area contributed by atoms with Gasteiger partial charge in [0.25, 0.3) is 0 Å². The molecular weight excluding hydrogens is 248 g/mol. The molecule has 0 radical (unpaired) electrons. The van der Waals surface area contributed by atoms with E-state index in [4.69, 9.17) is 4.74 Å². The van der Waals surface area contributed by atoms with E-state index in [0.29, 0.717) is 5.41 Å².